The molecule has 1 rings (SSSR count). The van der Waals surface area contributed by atoms with Gasteiger partial charge in [0, 0.05) is 25.7 Å². The van der Waals surface area contributed by atoms with Crippen molar-refractivity contribution in [2.24, 2.45) is 0 Å². The number of nitrogens with two attached hydrogens (primary N) is 1. The lowest BCUT2D eigenvalue weighted by atomic mass is 9.96. The summed E-state index contributed by atoms with van der Waals surface area (Å²) < 4.78 is 6.39. The molecule has 1 amide bonds. The first-order chi connectivity index (χ1) is 9.77. The van der Waals surface area contributed by atoms with E-state index in [4.69, 9.17) is 10.6 Å². The molecule has 0 saturated heterocycles. The van der Waals surface area contributed by atoms with Gasteiger partial charge in [-0.25, -0.2) is 4.68 Å². The second-order valence-electron chi connectivity index (χ2n) is 5.82. The summed E-state index contributed by atoms with van der Waals surface area (Å²) in [7, 11) is 1.64. The summed E-state index contributed by atoms with van der Waals surface area (Å²) >= 11 is 1.30. The van der Waals surface area contributed by atoms with Crippen LogP contribution in [0.3, 0.4) is 0 Å². The zero-order chi connectivity index (χ0) is 16.0. The summed E-state index contributed by atoms with van der Waals surface area (Å²) in [6, 6.07) is 0. The number of hydrogen-bond donors (Lipinski definition) is 2. The monoisotopic (exact) mass is 315 g/mol. The van der Waals surface area contributed by atoms with Crippen molar-refractivity contribution >= 4 is 17.7 Å². The highest BCUT2D eigenvalue weighted by atomic mass is 32.2. The van der Waals surface area contributed by atoms with Crippen molar-refractivity contribution in [1.29, 1.82) is 0 Å². The number of hydrogen-bond acceptors (Lipinski definition) is 6. The highest BCUT2D eigenvalue weighted by molar-refractivity contribution is 8.00. The fourth-order valence-corrected chi connectivity index (χ4v) is 2.45. The van der Waals surface area contributed by atoms with Crippen molar-refractivity contribution in [3.05, 3.63) is 5.82 Å². The highest BCUT2D eigenvalue weighted by Crippen LogP contribution is 2.25. The van der Waals surface area contributed by atoms with Gasteiger partial charge < -0.3 is 15.9 Å². The number of carbonyl (C=O) groups is 1. The molecule has 0 fully saturated rings. The largest absolute Gasteiger partial charge is 0.385 e. The number of rotatable bonds is 7. The average Bonchev–Trinajstić information content (AvgIpc) is 2.75. The molecule has 8 heteroatoms. The van der Waals surface area contributed by atoms with E-state index in [0.29, 0.717) is 24.1 Å². The molecular weight excluding hydrogens is 290 g/mol. The number of amides is 1. The SMILES string of the molecule is COCCCNC(=O)C(C)Sc1nnc(C(C)(C)C)n1N. The first-order valence-corrected chi connectivity index (χ1v) is 7.79. The van der Waals surface area contributed by atoms with Crippen molar-refractivity contribution in [3.63, 3.8) is 0 Å². The van der Waals surface area contributed by atoms with Crippen LogP contribution in [-0.2, 0) is 14.9 Å². The molecule has 7 nitrogen and oxygen atoms in total. The normalized spacial score (nSPS) is 13.2. The van der Waals surface area contributed by atoms with E-state index in [0.717, 1.165) is 6.42 Å². The van der Waals surface area contributed by atoms with Gasteiger partial charge in [-0.1, -0.05) is 32.5 Å². The van der Waals surface area contributed by atoms with Crippen molar-refractivity contribution < 1.29 is 9.53 Å². The molecule has 0 radical (unpaired) electrons. The van der Waals surface area contributed by atoms with Gasteiger partial charge >= 0.3 is 0 Å². The van der Waals surface area contributed by atoms with Crippen LogP contribution in [0.2, 0.25) is 0 Å². The molecule has 1 atom stereocenters. The Balaban J connectivity index is 2.57. The van der Waals surface area contributed by atoms with E-state index in [-0.39, 0.29) is 16.6 Å². The minimum absolute atomic E-state index is 0.0450. The van der Waals surface area contributed by atoms with Gasteiger partial charge in [0.25, 0.3) is 0 Å². The number of nitrogens with one attached hydrogen (secondary N) is 1. The van der Waals surface area contributed by atoms with Gasteiger partial charge in [-0.2, -0.15) is 0 Å². The standard InChI is InChI=1S/C13H25N5O2S/c1-9(10(19)15-7-6-8-20-5)21-12-17-16-11(18(12)14)13(2,3)4/h9H,6-8,14H2,1-5H3,(H,15,19). The van der Waals surface area contributed by atoms with E-state index in [2.05, 4.69) is 15.5 Å². The van der Waals surface area contributed by atoms with E-state index < -0.39 is 0 Å². The van der Waals surface area contributed by atoms with Gasteiger partial charge in [-0.15, -0.1) is 10.2 Å². The summed E-state index contributed by atoms with van der Waals surface area (Å²) in [6.07, 6.45) is 0.793. The van der Waals surface area contributed by atoms with Gasteiger partial charge in [0.2, 0.25) is 11.1 Å². The van der Waals surface area contributed by atoms with Gasteiger partial charge in [0.15, 0.2) is 5.82 Å². The Kier molecular flexibility index (Phi) is 6.47. The van der Waals surface area contributed by atoms with Crippen LogP contribution < -0.4 is 11.2 Å². The quantitative estimate of drug-likeness (QED) is 0.441. The van der Waals surface area contributed by atoms with Crippen LogP contribution in [0.15, 0.2) is 5.16 Å². The first-order valence-electron chi connectivity index (χ1n) is 6.91. The minimum Gasteiger partial charge on any atom is -0.385 e. The van der Waals surface area contributed by atoms with Crippen molar-refractivity contribution in [1.82, 2.24) is 20.2 Å². The van der Waals surface area contributed by atoms with Crippen LogP contribution in [0.4, 0.5) is 0 Å². The maximum atomic E-state index is 12.0. The Morgan fingerprint density at radius 1 is 1.48 bits per heavy atom. The average molecular weight is 315 g/mol. The molecule has 1 aromatic rings. The molecule has 0 aliphatic rings. The Morgan fingerprint density at radius 3 is 2.67 bits per heavy atom. The molecular formula is C13H25N5O2S. The maximum absolute atomic E-state index is 12.0. The smallest absolute Gasteiger partial charge is 0.233 e. The lowest BCUT2D eigenvalue weighted by molar-refractivity contribution is -0.120. The summed E-state index contributed by atoms with van der Waals surface area (Å²) in [5, 5.41) is 11.3. The highest BCUT2D eigenvalue weighted by Gasteiger charge is 2.25. The lowest BCUT2D eigenvalue weighted by Crippen LogP contribution is -2.32. The van der Waals surface area contributed by atoms with Crippen LogP contribution in [0, 0.1) is 0 Å². The lowest BCUT2D eigenvalue weighted by Gasteiger charge is -2.17. The fourth-order valence-electron chi connectivity index (χ4n) is 1.65. The Bertz CT molecular complexity index is 470. The number of carbonyl (C=O) groups excluding carboxylic acids is 1. The maximum Gasteiger partial charge on any atom is 0.233 e. The number of nitrogen functional groups attached to an aromatic ring is 1. The van der Waals surface area contributed by atoms with Crippen LogP contribution in [0.5, 0.6) is 0 Å². The molecule has 1 unspecified atom stereocenters. The molecule has 1 heterocycles. The number of thioether (sulfide) groups is 1. The number of aromatic nitrogens is 3. The summed E-state index contributed by atoms with van der Waals surface area (Å²) in [5.74, 6) is 6.65. The van der Waals surface area contributed by atoms with Crippen molar-refractivity contribution in [2.45, 2.75) is 49.9 Å². The van der Waals surface area contributed by atoms with E-state index >= 15 is 0 Å². The fraction of sp³-hybridized carbons (Fsp3) is 0.769. The molecule has 0 spiro atoms. The topological polar surface area (TPSA) is 95.1 Å². The molecule has 120 valence electrons. The molecule has 0 aliphatic carbocycles. The van der Waals surface area contributed by atoms with Gasteiger partial charge in [-0.3, -0.25) is 4.79 Å². The van der Waals surface area contributed by atoms with Crippen molar-refractivity contribution in [3.8, 4) is 0 Å². The number of ether oxygens (including phenoxy) is 1. The van der Waals surface area contributed by atoms with E-state index in [9.17, 15) is 4.79 Å². The Hall–Kier alpha value is -1.28. The van der Waals surface area contributed by atoms with E-state index in [1.165, 1.54) is 16.4 Å². The first kappa shape index (κ1) is 17.8. The van der Waals surface area contributed by atoms with Gasteiger partial charge in [0.1, 0.15) is 0 Å². The zero-order valence-electron chi connectivity index (χ0n) is 13.3. The van der Waals surface area contributed by atoms with Crippen LogP contribution in [-0.4, -0.2) is 46.3 Å². The number of nitrogens with zero attached hydrogens (tertiary/aromatic N) is 3. The number of methoxy groups -OCH3 is 1. The Labute approximate surface area is 130 Å². The minimum atomic E-state index is -0.285. The predicted octanol–water partition coefficient (Wildman–Crippen LogP) is 0.923. The second-order valence-corrected chi connectivity index (χ2v) is 7.13. The zero-order valence-corrected chi connectivity index (χ0v) is 14.2. The third-order valence-electron chi connectivity index (χ3n) is 2.81. The molecule has 21 heavy (non-hydrogen) atoms. The summed E-state index contributed by atoms with van der Waals surface area (Å²) in [6.45, 7) is 9.10. The van der Waals surface area contributed by atoms with Crippen LogP contribution in [0.25, 0.3) is 0 Å². The molecule has 0 aliphatic heterocycles. The third-order valence-corrected chi connectivity index (χ3v) is 3.87. The molecule has 1 aromatic heterocycles. The van der Waals surface area contributed by atoms with Gasteiger partial charge in [-0.05, 0) is 13.3 Å². The van der Waals surface area contributed by atoms with Crippen molar-refractivity contribution in [2.75, 3.05) is 26.1 Å². The predicted molar refractivity (Wildman–Crippen MR) is 83.7 cm³/mol. The summed E-state index contributed by atoms with van der Waals surface area (Å²) in [4.78, 5) is 12.0. The molecule has 0 aromatic carbocycles. The Morgan fingerprint density at radius 2 is 2.14 bits per heavy atom. The van der Waals surface area contributed by atoms with E-state index in [1.54, 1.807) is 7.11 Å². The van der Waals surface area contributed by atoms with E-state index in [1.807, 2.05) is 27.7 Å². The second kappa shape index (κ2) is 7.65. The third kappa shape index (κ3) is 5.20. The van der Waals surface area contributed by atoms with Gasteiger partial charge in [0.05, 0.1) is 5.25 Å². The molecule has 0 saturated carbocycles. The van der Waals surface area contributed by atoms with Crippen LogP contribution >= 0.6 is 11.8 Å². The molecule has 3 N–H and O–H groups in total. The van der Waals surface area contributed by atoms with Crippen LogP contribution in [0.1, 0.15) is 39.9 Å². The summed E-state index contributed by atoms with van der Waals surface area (Å²) in [5.41, 5.74) is -0.188. The molecule has 0 bridgehead atoms.